The Hall–Kier alpha value is -1.93. The Balaban J connectivity index is 2.14. The largest absolute Gasteiger partial charge is 0.388 e. The molecule has 2 aromatic rings. The second-order valence-corrected chi connectivity index (χ2v) is 5.08. The van der Waals surface area contributed by atoms with Gasteiger partial charge in [-0.15, -0.1) is 0 Å². The minimum atomic E-state index is -0.771. The van der Waals surface area contributed by atoms with Crippen molar-refractivity contribution in [3.05, 3.63) is 16.8 Å². The zero-order chi connectivity index (χ0) is 14.4. The normalized spacial score (nSPS) is 30.1. The van der Waals surface area contributed by atoms with E-state index in [1.807, 2.05) is 13.8 Å². The highest BCUT2D eigenvalue weighted by atomic mass is 16.5. The lowest BCUT2D eigenvalue weighted by molar-refractivity contribution is -0.0372. The van der Waals surface area contributed by atoms with Crippen LogP contribution in [0.4, 0.5) is 5.82 Å². The summed E-state index contributed by atoms with van der Waals surface area (Å²) in [6.07, 6.45) is 0.427. The molecule has 0 aromatic carbocycles. The fraction of sp³-hybridized carbons (Fsp3) is 0.583. The van der Waals surface area contributed by atoms with Crippen LogP contribution in [0, 0.1) is 5.92 Å². The highest BCUT2D eigenvalue weighted by Gasteiger charge is 2.42. The molecule has 3 rings (SSSR count). The maximum atomic E-state index is 12.1. The van der Waals surface area contributed by atoms with E-state index in [1.165, 1.54) is 10.9 Å². The summed E-state index contributed by atoms with van der Waals surface area (Å²) in [6.45, 7) is 3.89. The van der Waals surface area contributed by atoms with E-state index in [9.17, 15) is 9.90 Å². The molecule has 4 atom stereocenters. The molecule has 0 radical (unpaired) electrons. The van der Waals surface area contributed by atoms with Crippen LogP contribution >= 0.6 is 0 Å². The van der Waals surface area contributed by atoms with Crippen molar-refractivity contribution in [2.24, 2.45) is 5.92 Å². The van der Waals surface area contributed by atoms with Crippen LogP contribution in [0.25, 0.3) is 11.2 Å². The van der Waals surface area contributed by atoms with Crippen LogP contribution in [0.1, 0.15) is 26.5 Å². The fourth-order valence-corrected chi connectivity index (χ4v) is 2.74. The molecule has 3 heterocycles. The molecular formula is C12H17N5O3. The van der Waals surface area contributed by atoms with Gasteiger partial charge in [0.2, 0.25) is 0 Å². The first-order valence-corrected chi connectivity index (χ1v) is 6.58. The van der Waals surface area contributed by atoms with E-state index in [1.54, 1.807) is 0 Å². The summed E-state index contributed by atoms with van der Waals surface area (Å²) in [7, 11) is 0. The number of hydrogen-bond acceptors (Lipinski definition) is 6. The van der Waals surface area contributed by atoms with Gasteiger partial charge in [0.25, 0.3) is 0 Å². The summed E-state index contributed by atoms with van der Waals surface area (Å²) < 4.78 is 7.11. The monoisotopic (exact) mass is 279 g/mol. The van der Waals surface area contributed by atoms with Crippen LogP contribution in [-0.4, -0.2) is 36.8 Å². The van der Waals surface area contributed by atoms with Gasteiger partial charge >= 0.3 is 5.69 Å². The van der Waals surface area contributed by atoms with Crippen LogP contribution in [0.15, 0.2) is 11.1 Å². The summed E-state index contributed by atoms with van der Waals surface area (Å²) in [6, 6.07) is 0. The van der Waals surface area contributed by atoms with Gasteiger partial charge in [0.15, 0.2) is 17.7 Å². The number of rotatable bonds is 2. The number of nitrogen functional groups attached to an aromatic ring is 1. The van der Waals surface area contributed by atoms with Gasteiger partial charge in [-0.05, 0) is 6.42 Å². The molecule has 8 nitrogen and oxygen atoms in total. The van der Waals surface area contributed by atoms with Crippen molar-refractivity contribution in [1.82, 2.24) is 19.5 Å². The first-order chi connectivity index (χ1) is 9.54. The highest BCUT2D eigenvalue weighted by molar-refractivity contribution is 5.81. The van der Waals surface area contributed by atoms with E-state index in [0.29, 0.717) is 11.2 Å². The predicted octanol–water partition coefficient (Wildman–Crippen LogP) is 0.00620. The second-order valence-electron chi connectivity index (χ2n) is 5.08. The van der Waals surface area contributed by atoms with Gasteiger partial charge in [-0.3, -0.25) is 0 Å². The number of fused-ring (bicyclic) bond motifs is 1. The lowest BCUT2D eigenvalue weighted by Crippen LogP contribution is -2.30. The number of anilines is 1. The van der Waals surface area contributed by atoms with Crippen LogP contribution in [-0.2, 0) is 4.74 Å². The van der Waals surface area contributed by atoms with Crippen molar-refractivity contribution in [1.29, 1.82) is 0 Å². The number of nitrogens with zero attached hydrogens (tertiary/aromatic N) is 3. The molecule has 0 spiro atoms. The van der Waals surface area contributed by atoms with E-state index >= 15 is 0 Å². The van der Waals surface area contributed by atoms with Crippen molar-refractivity contribution >= 4 is 17.0 Å². The zero-order valence-electron chi connectivity index (χ0n) is 11.3. The molecule has 2 unspecified atom stereocenters. The lowest BCUT2D eigenvalue weighted by Gasteiger charge is -2.16. The molecule has 0 aliphatic carbocycles. The Labute approximate surface area is 114 Å². The van der Waals surface area contributed by atoms with E-state index in [0.717, 1.165) is 6.42 Å². The van der Waals surface area contributed by atoms with E-state index in [2.05, 4.69) is 15.0 Å². The topological polar surface area (TPSA) is 119 Å². The lowest BCUT2D eigenvalue weighted by atomic mass is 9.99. The average Bonchev–Trinajstić information content (AvgIpc) is 2.90. The Bertz CT molecular complexity index is 694. The number of hydrogen-bond donors (Lipinski definition) is 3. The molecule has 20 heavy (non-hydrogen) atoms. The van der Waals surface area contributed by atoms with Crippen molar-refractivity contribution in [3.63, 3.8) is 0 Å². The molecule has 108 valence electrons. The number of nitrogens with one attached hydrogen (secondary N) is 1. The van der Waals surface area contributed by atoms with Gasteiger partial charge in [-0.2, -0.15) is 0 Å². The third-order valence-corrected chi connectivity index (χ3v) is 3.92. The van der Waals surface area contributed by atoms with Gasteiger partial charge in [-0.1, -0.05) is 13.8 Å². The van der Waals surface area contributed by atoms with Crippen LogP contribution in [0.2, 0.25) is 0 Å². The van der Waals surface area contributed by atoms with Crippen LogP contribution in [0.3, 0.4) is 0 Å². The van der Waals surface area contributed by atoms with Gasteiger partial charge in [-0.25, -0.2) is 19.3 Å². The van der Waals surface area contributed by atoms with Crippen molar-refractivity contribution in [2.75, 3.05) is 5.73 Å². The fourth-order valence-electron chi connectivity index (χ4n) is 2.74. The van der Waals surface area contributed by atoms with Crippen LogP contribution in [0.5, 0.6) is 0 Å². The van der Waals surface area contributed by atoms with Crippen molar-refractivity contribution < 1.29 is 9.84 Å². The third-order valence-electron chi connectivity index (χ3n) is 3.92. The first-order valence-electron chi connectivity index (χ1n) is 6.58. The van der Waals surface area contributed by atoms with E-state index < -0.39 is 18.0 Å². The Morgan fingerprint density at radius 1 is 1.55 bits per heavy atom. The average molecular weight is 279 g/mol. The molecule has 4 N–H and O–H groups in total. The van der Waals surface area contributed by atoms with Gasteiger partial charge in [0.05, 0.1) is 6.10 Å². The number of aromatic amines is 1. The second kappa shape index (κ2) is 4.57. The Morgan fingerprint density at radius 2 is 2.30 bits per heavy atom. The summed E-state index contributed by atoms with van der Waals surface area (Å²) in [5.41, 5.74) is 6.00. The molecule has 1 aliphatic heterocycles. The van der Waals surface area contributed by atoms with E-state index in [-0.39, 0.29) is 17.8 Å². The number of imidazole rings is 1. The highest BCUT2D eigenvalue weighted by Crippen LogP contribution is 2.35. The molecule has 1 fully saturated rings. The predicted molar refractivity (Wildman–Crippen MR) is 71.9 cm³/mol. The van der Waals surface area contributed by atoms with Crippen molar-refractivity contribution in [2.45, 2.75) is 38.7 Å². The quantitative estimate of drug-likeness (QED) is 0.712. The minimum absolute atomic E-state index is 0.0546. The standard InChI is InChI=1S/C12H17N5O3/c1-3-6-5(2)8(18)11(20-6)17-10-7(16-12(17)19)9(13)14-4-15-10/h4-6,8,11,18H,3H2,1-2H3,(H,16,19)(H2,13,14,15)/t5?,6-,8?,11-/m1/s1. The molecule has 8 heteroatoms. The Kier molecular flexibility index (Phi) is 2.98. The number of nitrogens with two attached hydrogens (primary N) is 1. The third kappa shape index (κ3) is 1.72. The number of ether oxygens (including phenoxy) is 1. The molecule has 2 aromatic heterocycles. The van der Waals surface area contributed by atoms with Gasteiger partial charge in [0.1, 0.15) is 17.9 Å². The molecule has 0 amide bonds. The first kappa shape index (κ1) is 13.1. The smallest absolute Gasteiger partial charge is 0.330 e. The number of aliphatic hydroxyl groups is 1. The molecule has 1 saturated heterocycles. The maximum Gasteiger partial charge on any atom is 0.330 e. The SMILES string of the molecule is CC[C@H]1O[C@@H](n2c(=O)[nH]c3c(N)ncnc32)C(O)C1C. The van der Waals surface area contributed by atoms with Gasteiger partial charge < -0.3 is 20.6 Å². The van der Waals surface area contributed by atoms with Crippen molar-refractivity contribution in [3.8, 4) is 0 Å². The molecule has 0 saturated carbocycles. The van der Waals surface area contributed by atoms with E-state index in [4.69, 9.17) is 10.5 Å². The summed E-state index contributed by atoms with van der Waals surface area (Å²) in [5, 5.41) is 10.3. The molecule has 0 bridgehead atoms. The molecular weight excluding hydrogens is 262 g/mol. The number of aromatic nitrogens is 4. The number of aliphatic hydroxyl groups excluding tert-OH is 1. The summed E-state index contributed by atoms with van der Waals surface area (Å²) in [4.78, 5) is 22.6. The Morgan fingerprint density at radius 3 is 2.95 bits per heavy atom. The minimum Gasteiger partial charge on any atom is -0.388 e. The summed E-state index contributed by atoms with van der Waals surface area (Å²) >= 11 is 0. The molecule has 1 aliphatic rings. The summed E-state index contributed by atoms with van der Waals surface area (Å²) in [5.74, 6) is 0.138. The van der Waals surface area contributed by atoms with Crippen LogP contribution < -0.4 is 11.4 Å². The zero-order valence-corrected chi connectivity index (χ0v) is 11.3. The number of H-pyrrole nitrogens is 1. The van der Waals surface area contributed by atoms with Gasteiger partial charge in [0, 0.05) is 5.92 Å². The maximum absolute atomic E-state index is 12.1.